The van der Waals surface area contributed by atoms with Crippen molar-refractivity contribution in [3.63, 3.8) is 0 Å². The number of aliphatic hydroxyl groups excluding tert-OH is 2. The second-order valence-corrected chi connectivity index (χ2v) is 20.4. The first-order valence-corrected chi connectivity index (χ1v) is 25.4. The van der Waals surface area contributed by atoms with Crippen molar-refractivity contribution in [3.8, 4) is 35.2 Å². The van der Waals surface area contributed by atoms with E-state index < -0.39 is 52.7 Å². The van der Waals surface area contributed by atoms with Crippen molar-refractivity contribution < 1.29 is 92.1 Å². The van der Waals surface area contributed by atoms with Crippen molar-refractivity contribution in [3.05, 3.63) is 128 Å². The molecule has 0 saturated carbocycles. The zero-order valence-electron chi connectivity index (χ0n) is 45.6. The average Bonchev–Trinajstić information content (AvgIpc) is 3.36. The molecule has 1 saturated heterocycles. The third-order valence-corrected chi connectivity index (χ3v) is 14.6. The van der Waals surface area contributed by atoms with Crippen molar-refractivity contribution in [1.29, 1.82) is 0 Å². The van der Waals surface area contributed by atoms with E-state index in [1.807, 2.05) is 97.6 Å². The number of aliphatic hydroxyl groups is 4. The highest BCUT2D eigenvalue weighted by atomic mass is 19.4. The number of ether oxygens (including phenoxy) is 4. The molecule has 0 aliphatic carbocycles. The van der Waals surface area contributed by atoms with Crippen LogP contribution in [-0.2, 0) is 20.3 Å². The summed E-state index contributed by atoms with van der Waals surface area (Å²) in [6.07, 6.45) is -21.6. The molecule has 0 amide bonds. The van der Waals surface area contributed by atoms with Crippen LogP contribution in [-0.4, -0.2) is 108 Å². The Balaban J connectivity index is 0.000000342. The van der Waals surface area contributed by atoms with Gasteiger partial charge in [-0.2, -0.15) is 52.7 Å². The minimum atomic E-state index is -6.02. The summed E-state index contributed by atoms with van der Waals surface area (Å²) in [6.45, 7) is 19.7. The van der Waals surface area contributed by atoms with E-state index >= 15 is 0 Å². The number of rotatable bonds is 16. The molecule has 1 aliphatic heterocycles. The zero-order valence-corrected chi connectivity index (χ0v) is 45.6. The van der Waals surface area contributed by atoms with Crippen molar-refractivity contribution in [2.45, 2.75) is 153 Å². The van der Waals surface area contributed by atoms with Crippen LogP contribution in [0.1, 0.15) is 123 Å². The van der Waals surface area contributed by atoms with Crippen LogP contribution in [0.5, 0.6) is 11.5 Å². The highest BCUT2D eigenvalue weighted by molar-refractivity contribution is 5.52. The van der Waals surface area contributed by atoms with Gasteiger partial charge in [0, 0.05) is 27.9 Å². The molecule has 0 radical (unpaired) electrons. The summed E-state index contributed by atoms with van der Waals surface area (Å²) >= 11 is 0. The van der Waals surface area contributed by atoms with Gasteiger partial charge in [0.1, 0.15) is 24.2 Å². The molecule has 1 heterocycles. The lowest BCUT2D eigenvalue weighted by molar-refractivity contribution is -0.344. The third-order valence-electron chi connectivity index (χ3n) is 14.6. The van der Waals surface area contributed by atoms with Gasteiger partial charge in [0.25, 0.3) is 0 Å². The lowest BCUT2D eigenvalue weighted by Crippen LogP contribution is -2.55. The van der Waals surface area contributed by atoms with Crippen molar-refractivity contribution in [2.75, 3.05) is 39.6 Å². The van der Waals surface area contributed by atoms with Gasteiger partial charge in [-0.05, 0) is 148 Å². The molecule has 1 unspecified atom stereocenters. The standard InChI is InChI=1S/C31H36F6O4.C28H32F6O4/c1-7-28(8-2,24-11-12-26(21(4)16-24)39-17-25-18-41-27(5,6)19-40-25)23-10-9-22(20(3)15-23)13-14-29(38,30(32,33)34)31(35,36)37;1-5-25(6-2,23-9-10-24(19(4)14-23)38-17-20(15-35)16-36)22-8-7-21(18(3)13-22)11-12-26(37,27(29,30)31)28(32,33)34/h9-12,15-16,25,38H,7-8,17-19H2,1-6H3;7-10,13-14,20,35-37H,5-6,15-17H2,1-4H3. The number of benzene rings is 4. The molecule has 1 atom stereocenters. The first-order valence-electron chi connectivity index (χ1n) is 25.4. The Morgan fingerprint density at radius 1 is 0.544 bits per heavy atom. The number of halogens is 12. The second kappa shape index (κ2) is 25.5. The zero-order chi connectivity index (χ0) is 59.8. The fourth-order valence-electron chi connectivity index (χ4n) is 9.18. The van der Waals surface area contributed by atoms with Gasteiger partial charge in [-0.1, -0.05) is 88.1 Å². The summed E-state index contributed by atoms with van der Waals surface area (Å²) in [5.41, 5.74) is -5.63. The minimum absolute atomic E-state index is 0.0426. The van der Waals surface area contributed by atoms with Crippen LogP contribution in [0.15, 0.2) is 72.8 Å². The van der Waals surface area contributed by atoms with Crippen LogP contribution in [0.3, 0.4) is 0 Å². The van der Waals surface area contributed by atoms with Gasteiger partial charge in [0.2, 0.25) is 0 Å². The maximum absolute atomic E-state index is 13.0. The van der Waals surface area contributed by atoms with E-state index in [9.17, 15) is 73.1 Å². The Hall–Kier alpha value is -5.48. The normalized spacial score (nSPS) is 15.6. The highest BCUT2D eigenvalue weighted by Gasteiger charge is 2.71. The highest BCUT2D eigenvalue weighted by Crippen LogP contribution is 2.46. The maximum Gasteiger partial charge on any atom is 0.438 e. The molecule has 5 rings (SSSR count). The van der Waals surface area contributed by atoms with Crippen molar-refractivity contribution >= 4 is 0 Å². The predicted octanol–water partition coefficient (Wildman–Crippen LogP) is 12.8. The second-order valence-electron chi connectivity index (χ2n) is 20.4. The third kappa shape index (κ3) is 14.7. The Kier molecular flexibility index (Phi) is 21.3. The average molecular weight is 1130 g/mol. The number of aryl methyl sites for hydroxylation is 4. The number of alkyl halides is 12. The van der Waals surface area contributed by atoms with Crippen molar-refractivity contribution in [2.24, 2.45) is 5.92 Å². The first kappa shape index (κ1) is 66.0. The van der Waals surface area contributed by atoms with Crippen LogP contribution in [0, 0.1) is 57.3 Å². The van der Waals surface area contributed by atoms with E-state index in [1.165, 1.54) is 19.1 Å². The van der Waals surface area contributed by atoms with Crippen LogP contribution in [0.4, 0.5) is 52.7 Å². The first-order chi connectivity index (χ1) is 36.5. The largest absolute Gasteiger partial charge is 0.493 e. The van der Waals surface area contributed by atoms with Gasteiger partial charge >= 0.3 is 35.9 Å². The Morgan fingerprint density at radius 2 is 0.886 bits per heavy atom. The van der Waals surface area contributed by atoms with Gasteiger partial charge < -0.3 is 39.4 Å². The summed E-state index contributed by atoms with van der Waals surface area (Å²) in [5.74, 6) is 6.70. The Labute approximate surface area is 453 Å². The number of hydrogen-bond donors (Lipinski definition) is 4. The monoisotopic (exact) mass is 1130 g/mol. The summed E-state index contributed by atoms with van der Waals surface area (Å²) in [6, 6.07) is 20.9. The molecule has 79 heavy (non-hydrogen) atoms. The van der Waals surface area contributed by atoms with E-state index in [1.54, 1.807) is 37.3 Å². The fourth-order valence-corrected chi connectivity index (χ4v) is 9.18. The van der Waals surface area contributed by atoms with E-state index in [-0.39, 0.29) is 42.7 Å². The van der Waals surface area contributed by atoms with Gasteiger partial charge in [-0.3, -0.25) is 0 Å². The van der Waals surface area contributed by atoms with Crippen LogP contribution in [0.2, 0.25) is 0 Å². The topological polar surface area (TPSA) is 118 Å². The van der Waals surface area contributed by atoms with Gasteiger partial charge in [0.15, 0.2) is 0 Å². The smallest absolute Gasteiger partial charge is 0.438 e. The molecule has 436 valence electrons. The molecule has 0 aromatic heterocycles. The quantitative estimate of drug-likeness (QED) is 0.0647. The Morgan fingerprint density at radius 3 is 1.18 bits per heavy atom. The minimum Gasteiger partial charge on any atom is -0.493 e. The van der Waals surface area contributed by atoms with Gasteiger partial charge in [0.05, 0.1) is 38.6 Å². The SMILES string of the molecule is CCC(CC)(c1ccc(C#CC(O)(C(F)(F)F)C(F)(F)F)c(C)c1)c1ccc(OCC(CO)CO)c(C)c1.CCC(CC)(c1ccc(C#CC(O)(C(F)(F)F)C(F)(F)F)c(C)c1)c1ccc(OCC2COC(C)(C)CO2)c(C)c1. The summed E-state index contributed by atoms with van der Waals surface area (Å²) in [5, 5.41) is 37.2. The van der Waals surface area contributed by atoms with E-state index in [0.717, 1.165) is 45.2 Å². The van der Waals surface area contributed by atoms with Crippen LogP contribution < -0.4 is 9.47 Å². The molecule has 4 N–H and O–H groups in total. The molecule has 0 spiro atoms. The summed E-state index contributed by atoms with van der Waals surface area (Å²) in [4.78, 5) is 0. The predicted molar refractivity (Wildman–Crippen MR) is 274 cm³/mol. The summed E-state index contributed by atoms with van der Waals surface area (Å²) < 4.78 is 180. The van der Waals surface area contributed by atoms with Crippen molar-refractivity contribution in [1.82, 2.24) is 0 Å². The van der Waals surface area contributed by atoms with E-state index in [0.29, 0.717) is 68.1 Å². The van der Waals surface area contributed by atoms with E-state index in [2.05, 4.69) is 0 Å². The molecule has 20 heteroatoms. The molecule has 0 bridgehead atoms. The molecule has 4 aromatic rings. The Bertz CT molecular complexity index is 2780. The lowest BCUT2D eigenvalue weighted by Gasteiger charge is -2.35. The lowest BCUT2D eigenvalue weighted by atomic mass is 9.70. The molecular formula is C59H68F12O8. The number of hydrogen-bond acceptors (Lipinski definition) is 8. The van der Waals surface area contributed by atoms with Gasteiger partial charge in [-0.25, -0.2) is 0 Å². The molecule has 1 fully saturated rings. The molecular weight excluding hydrogens is 1060 g/mol. The summed E-state index contributed by atoms with van der Waals surface area (Å²) in [7, 11) is 0. The van der Waals surface area contributed by atoms with Crippen LogP contribution >= 0.6 is 0 Å². The van der Waals surface area contributed by atoms with Gasteiger partial charge in [-0.15, -0.1) is 0 Å². The molecule has 8 nitrogen and oxygen atoms in total. The fraction of sp³-hybridized carbons (Fsp3) is 0.525. The maximum atomic E-state index is 13.0. The van der Waals surface area contributed by atoms with E-state index in [4.69, 9.17) is 18.9 Å². The van der Waals surface area contributed by atoms with Crippen LogP contribution in [0.25, 0.3) is 0 Å². The molecule has 1 aliphatic rings. The molecule has 4 aromatic carbocycles.